The smallest absolute Gasteiger partial charge is 0.311 e. The van der Waals surface area contributed by atoms with E-state index in [9.17, 15) is 9.59 Å². The highest BCUT2D eigenvalue weighted by Crippen LogP contribution is 2.19. The maximum absolute atomic E-state index is 11.6. The molecule has 1 heterocycles. The first-order valence-electron chi connectivity index (χ1n) is 5.49. The summed E-state index contributed by atoms with van der Waals surface area (Å²) in [6, 6.07) is 1.89. The highest BCUT2D eigenvalue weighted by molar-refractivity contribution is 7.07. The van der Waals surface area contributed by atoms with Crippen molar-refractivity contribution in [2.45, 2.75) is 26.7 Å². The summed E-state index contributed by atoms with van der Waals surface area (Å²) in [5.74, 6) is -1.01. The standard InChI is InChI=1S/C12H17NO3S/c1-3-12(2,11(15)16)8-13-10(14)6-9-4-5-17-7-9/h4-5,7H,3,6,8H2,1-2H3,(H,13,14)(H,15,16). The van der Waals surface area contributed by atoms with Crippen LogP contribution in [0.1, 0.15) is 25.8 Å². The zero-order valence-electron chi connectivity index (χ0n) is 10.0. The Kier molecular flexibility index (Phi) is 4.69. The topological polar surface area (TPSA) is 66.4 Å². The molecular formula is C12H17NO3S. The number of carboxylic acids is 1. The van der Waals surface area contributed by atoms with E-state index in [0.717, 1.165) is 5.56 Å². The van der Waals surface area contributed by atoms with E-state index in [1.807, 2.05) is 16.8 Å². The van der Waals surface area contributed by atoms with Gasteiger partial charge in [0, 0.05) is 6.54 Å². The summed E-state index contributed by atoms with van der Waals surface area (Å²) in [4.78, 5) is 22.6. The number of aliphatic carboxylic acids is 1. The number of amides is 1. The lowest BCUT2D eigenvalue weighted by atomic mass is 9.87. The van der Waals surface area contributed by atoms with Crippen LogP contribution in [0.2, 0.25) is 0 Å². The fourth-order valence-electron chi connectivity index (χ4n) is 1.29. The van der Waals surface area contributed by atoms with Crippen LogP contribution in [-0.2, 0) is 16.0 Å². The van der Waals surface area contributed by atoms with Gasteiger partial charge in [-0.1, -0.05) is 6.92 Å². The molecule has 0 radical (unpaired) electrons. The van der Waals surface area contributed by atoms with Gasteiger partial charge in [-0.25, -0.2) is 0 Å². The van der Waals surface area contributed by atoms with Gasteiger partial charge in [0.2, 0.25) is 5.91 Å². The molecule has 0 fully saturated rings. The van der Waals surface area contributed by atoms with Gasteiger partial charge in [-0.05, 0) is 35.7 Å². The minimum absolute atomic E-state index is 0.135. The Morgan fingerprint density at radius 1 is 1.53 bits per heavy atom. The number of thiophene rings is 1. The van der Waals surface area contributed by atoms with Gasteiger partial charge in [0.15, 0.2) is 0 Å². The number of hydrogen-bond acceptors (Lipinski definition) is 3. The average molecular weight is 255 g/mol. The van der Waals surface area contributed by atoms with Gasteiger partial charge in [0.25, 0.3) is 0 Å². The third-order valence-electron chi connectivity index (χ3n) is 2.92. The molecule has 4 nitrogen and oxygen atoms in total. The lowest BCUT2D eigenvalue weighted by molar-refractivity contribution is -0.148. The molecule has 1 amide bonds. The molecular weight excluding hydrogens is 238 g/mol. The average Bonchev–Trinajstić information content (AvgIpc) is 2.78. The third-order valence-corrected chi connectivity index (χ3v) is 3.65. The molecule has 1 rings (SSSR count). The van der Waals surface area contributed by atoms with Crippen molar-refractivity contribution in [3.8, 4) is 0 Å². The summed E-state index contributed by atoms with van der Waals surface area (Å²) in [5, 5.41) is 15.6. The maximum atomic E-state index is 11.6. The van der Waals surface area contributed by atoms with E-state index < -0.39 is 11.4 Å². The molecule has 0 aliphatic heterocycles. The number of carbonyl (C=O) groups excluding carboxylic acids is 1. The predicted octanol–water partition coefficient (Wildman–Crippen LogP) is 1.91. The Morgan fingerprint density at radius 2 is 2.24 bits per heavy atom. The summed E-state index contributed by atoms with van der Waals surface area (Å²) < 4.78 is 0. The summed E-state index contributed by atoms with van der Waals surface area (Å²) in [6.07, 6.45) is 0.796. The van der Waals surface area contributed by atoms with Crippen LogP contribution in [0.4, 0.5) is 0 Å². The van der Waals surface area contributed by atoms with Crippen LogP contribution in [0, 0.1) is 5.41 Å². The van der Waals surface area contributed by atoms with Gasteiger partial charge >= 0.3 is 5.97 Å². The SMILES string of the molecule is CCC(C)(CNC(=O)Cc1ccsc1)C(=O)O. The molecule has 1 atom stereocenters. The van der Waals surface area contributed by atoms with Crippen molar-refractivity contribution in [1.29, 1.82) is 0 Å². The molecule has 1 aromatic rings. The first-order chi connectivity index (χ1) is 7.98. The molecule has 2 N–H and O–H groups in total. The molecule has 0 saturated carbocycles. The van der Waals surface area contributed by atoms with Crippen molar-refractivity contribution in [2.24, 2.45) is 5.41 Å². The highest BCUT2D eigenvalue weighted by atomic mass is 32.1. The van der Waals surface area contributed by atoms with E-state index in [4.69, 9.17) is 5.11 Å². The second-order valence-electron chi connectivity index (χ2n) is 4.30. The minimum atomic E-state index is -0.885. The van der Waals surface area contributed by atoms with Crippen LogP contribution in [0.3, 0.4) is 0 Å². The van der Waals surface area contributed by atoms with E-state index in [1.54, 1.807) is 25.2 Å². The van der Waals surface area contributed by atoms with Crippen LogP contribution in [0.5, 0.6) is 0 Å². The number of carbonyl (C=O) groups is 2. The largest absolute Gasteiger partial charge is 0.481 e. The molecule has 1 aromatic heterocycles. The fourth-order valence-corrected chi connectivity index (χ4v) is 1.96. The lowest BCUT2D eigenvalue weighted by Gasteiger charge is -2.23. The van der Waals surface area contributed by atoms with Crippen molar-refractivity contribution in [2.75, 3.05) is 6.54 Å². The highest BCUT2D eigenvalue weighted by Gasteiger charge is 2.31. The van der Waals surface area contributed by atoms with Crippen LogP contribution in [-0.4, -0.2) is 23.5 Å². The normalized spacial score (nSPS) is 14.0. The summed E-state index contributed by atoms with van der Waals surface area (Å²) in [6.45, 7) is 3.61. The number of carboxylic acid groups (broad SMARTS) is 1. The fraction of sp³-hybridized carbons (Fsp3) is 0.500. The van der Waals surface area contributed by atoms with Gasteiger partial charge in [0.05, 0.1) is 11.8 Å². The molecule has 5 heteroatoms. The molecule has 0 aromatic carbocycles. The predicted molar refractivity (Wildman–Crippen MR) is 67.1 cm³/mol. The molecule has 0 aliphatic rings. The molecule has 1 unspecified atom stereocenters. The molecule has 17 heavy (non-hydrogen) atoms. The Hall–Kier alpha value is -1.36. The van der Waals surface area contributed by atoms with Crippen molar-refractivity contribution in [3.63, 3.8) is 0 Å². The van der Waals surface area contributed by atoms with E-state index in [0.29, 0.717) is 12.8 Å². The number of rotatable bonds is 6. The number of nitrogens with one attached hydrogen (secondary N) is 1. The van der Waals surface area contributed by atoms with E-state index in [1.165, 1.54) is 0 Å². The Labute approximate surface area is 105 Å². The van der Waals surface area contributed by atoms with Crippen LogP contribution >= 0.6 is 11.3 Å². The van der Waals surface area contributed by atoms with Crippen LogP contribution in [0.15, 0.2) is 16.8 Å². The first-order valence-corrected chi connectivity index (χ1v) is 6.43. The van der Waals surface area contributed by atoms with Gasteiger partial charge in [-0.2, -0.15) is 11.3 Å². The Bertz CT molecular complexity index is 388. The molecule has 0 saturated heterocycles. The quantitative estimate of drug-likeness (QED) is 0.816. The van der Waals surface area contributed by atoms with Gasteiger partial charge in [-0.15, -0.1) is 0 Å². The van der Waals surface area contributed by atoms with Crippen molar-refractivity contribution >= 4 is 23.2 Å². The summed E-state index contributed by atoms with van der Waals surface area (Å²) in [7, 11) is 0. The Balaban J connectivity index is 2.45. The van der Waals surface area contributed by atoms with Crippen LogP contribution in [0.25, 0.3) is 0 Å². The monoisotopic (exact) mass is 255 g/mol. The van der Waals surface area contributed by atoms with E-state index >= 15 is 0 Å². The van der Waals surface area contributed by atoms with Gasteiger partial charge < -0.3 is 10.4 Å². The zero-order valence-corrected chi connectivity index (χ0v) is 10.8. The Morgan fingerprint density at radius 3 is 2.71 bits per heavy atom. The van der Waals surface area contributed by atoms with Gasteiger partial charge in [-0.3, -0.25) is 9.59 Å². The third kappa shape index (κ3) is 3.85. The second-order valence-corrected chi connectivity index (χ2v) is 5.08. The van der Waals surface area contributed by atoms with E-state index in [-0.39, 0.29) is 12.5 Å². The summed E-state index contributed by atoms with van der Waals surface area (Å²) in [5.41, 5.74) is 0.0747. The minimum Gasteiger partial charge on any atom is -0.481 e. The zero-order chi connectivity index (χ0) is 12.9. The second kappa shape index (κ2) is 5.82. The van der Waals surface area contributed by atoms with Gasteiger partial charge in [0.1, 0.15) is 0 Å². The maximum Gasteiger partial charge on any atom is 0.311 e. The van der Waals surface area contributed by atoms with Crippen LogP contribution < -0.4 is 5.32 Å². The molecule has 0 spiro atoms. The van der Waals surface area contributed by atoms with Crippen molar-refractivity contribution in [3.05, 3.63) is 22.4 Å². The lowest BCUT2D eigenvalue weighted by Crippen LogP contribution is -2.41. The van der Waals surface area contributed by atoms with Crippen molar-refractivity contribution < 1.29 is 14.7 Å². The molecule has 94 valence electrons. The molecule has 0 bridgehead atoms. The molecule has 0 aliphatic carbocycles. The van der Waals surface area contributed by atoms with E-state index in [2.05, 4.69) is 5.32 Å². The van der Waals surface area contributed by atoms with Crippen molar-refractivity contribution in [1.82, 2.24) is 5.32 Å². The summed E-state index contributed by atoms with van der Waals surface area (Å²) >= 11 is 1.54. The number of hydrogen-bond donors (Lipinski definition) is 2. The first kappa shape index (κ1) is 13.7.